The van der Waals surface area contributed by atoms with Crippen LogP contribution in [0.25, 0.3) is 10.8 Å². The minimum Gasteiger partial charge on any atom is -0.444 e. The number of nitrogens with zero attached hydrogens (tertiary/aromatic N) is 2. The van der Waals surface area contributed by atoms with Crippen LogP contribution in [-0.2, 0) is 14.8 Å². The molecule has 0 spiro atoms. The van der Waals surface area contributed by atoms with E-state index in [1.807, 2.05) is 0 Å². The van der Waals surface area contributed by atoms with Crippen LogP contribution in [0.2, 0.25) is 0 Å². The van der Waals surface area contributed by atoms with Crippen LogP contribution >= 0.6 is 0 Å². The SMILES string of the molecule is C[C@H](CN(CCCCO)C(=O)OC(C)(C)C)NS(=O)(=O)c1ccc2cnccc2c1. The highest BCUT2D eigenvalue weighted by molar-refractivity contribution is 7.89. The largest absolute Gasteiger partial charge is 0.444 e. The maximum atomic E-state index is 12.8. The molecule has 30 heavy (non-hydrogen) atoms. The van der Waals surface area contributed by atoms with Gasteiger partial charge in [-0.15, -0.1) is 0 Å². The summed E-state index contributed by atoms with van der Waals surface area (Å²) in [5.74, 6) is 0. The summed E-state index contributed by atoms with van der Waals surface area (Å²) < 4.78 is 33.7. The van der Waals surface area contributed by atoms with Gasteiger partial charge in [0.1, 0.15) is 5.60 Å². The lowest BCUT2D eigenvalue weighted by atomic mass is 10.2. The molecule has 1 heterocycles. The second-order valence-corrected chi connectivity index (χ2v) is 9.98. The first kappa shape index (κ1) is 24.0. The van der Waals surface area contributed by atoms with Crippen LogP contribution in [0.1, 0.15) is 40.5 Å². The van der Waals surface area contributed by atoms with Crippen molar-refractivity contribution >= 4 is 26.9 Å². The molecule has 2 rings (SSSR count). The van der Waals surface area contributed by atoms with Crippen molar-refractivity contribution in [1.82, 2.24) is 14.6 Å². The number of nitrogens with one attached hydrogen (secondary N) is 1. The summed E-state index contributed by atoms with van der Waals surface area (Å²) in [6, 6.07) is 6.06. The summed E-state index contributed by atoms with van der Waals surface area (Å²) >= 11 is 0. The Morgan fingerprint density at radius 1 is 1.23 bits per heavy atom. The van der Waals surface area contributed by atoms with E-state index in [2.05, 4.69) is 9.71 Å². The lowest BCUT2D eigenvalue weighted by molar-refractivity contribution is 0.0233. The van der Waals surface area contributed by atoms with Gasteiger partial charge in [-0.05, 0) is 64.1 Å². The maximum absolute atomic E-state index is 12.8. The van der Waals surface area contributed by atoms with Crippen molar-refractivity contribution in [3.05, 3.63) is 36.7 Å². The van der Waals surface area contributed by atoms with Gasteiger partial charge in [0, 0.05) is 43.5 Å². The smallest absolute Gasteiger partial charge is 0.410 e. The number of aliphatic hydroxyl groups excluding tert-OH is 1. The van der Waals surface area contributed by atoms with Gasteiger partial charge in [-0.2, -0.15) is 0 Å². The van der Waals surface area contributed by atoms with Crippen LogP contribution in [0.3, 0.4) is 0 Å². The molecule has 1 aromatic heterocycles. The van der Waals surface area contributed by atoms with Crippen LogP contribution < -0.4 is 4.72 Å². The van der Waals surface area contributed by atoms with Gasteiger partial charge in [0.15, 0.2) is 0 Å². The molecule has 166 valence electrons. The molecular weight excluding hydrogens is 406 g/mol. The fourth-order valence-corrected chi connectivity index (χ4v) is 4.20. The highest BCUT2D eigenvalue weighted by Gasteiger charge is 2.25. The van der Waals surface area contributed by atoms with Gasteiger partial charge in [0.05, 0.1) is 4.90 Å². The second-order valence-electron chi connectivity index (χ2n) is 8.26. The number of ether oxygens (including phenoxy) is 1. The molecule has 0 fully saturated rings. The highest BCUT2D eigenvalue weighted by atomic mass is 32.2. The van der Waals surface area contributed by atoms with Gasteiger partial charge in [-0.25, -0.2) is 17.9 Å². The fraction of sp³-hybridized carbons (Fsp3) is 0.524. The molecule has 0 radical (unpaired) electrons. The van der Waals surface area contributed by atoms with Crippen molar-refractivity contribution in [2.75, 3.05) is 19.7 Å². The number of pyridine rings is 1. The highest BCUT2D eigenvalue weighted by Crippen LogP contribution is 2.18. The number of aromatic nitrogens is 1. The van der Waals surface area contributed by atoms with E-state index in [1.54, 1.807) is 58.3 Å². The first-order valence-corrected chi connectivity index (χ1v) is 11.4. The van der Waals surface area contributed by atoms with Crippen molar-refractivity contribution in [3.63, 3.8) is 0 Å². The predicted octanol–water partition coefficient (Wildman–Crippen LogP) is 2.91. The topological polar surface area (TPSA) is 109 Å². The van der Waals surface area contributed by atoms with E-state index in [9.17, 15) is 13.2 Å². The first-order valence-electron chi connectivity index (χ1n) is 9.97. The number of amides is 1. The van der Waals surface area contributed by atoms with E-state index in [0.29, 0.717) is 19.4 Å². The number of carbonyl (C=O) groups is 1. The zero-order valence-corrected chi connectivity index (χ0v) is 18.8. The van der Waals surface area contributed by atoms with E-state index in [1.165, 1.54) is 11.0 Å². The summed E-state index contributed by atoms with van der Waals surface area (Å²) in [4.78, 5) is 18.2. The Morgan fingerprint density at radius 2 is 1.97 bits per heavy atom. The Kier molecular flexibility index (Phi) is 8.17. The zero-order chi connectivity index (χ0) is 22.4. The van der Waals surface area contributed by atoms with Crippen LogP contribution in [0.5, 0.6) is 0 Å². The molecule has 1 amide bonds. The molecule has 0 aliphatic heterocycles. The van der Waals surface area contributed by atoms with Crippen LogP contribution in [-0.4, -0.2) is 60.8 Å². The van der Waals surface area contributed by atoms with Gasteiger partial charge >= 0.3 is 6.09 Å². The molecule has 2 aromatic rings. The quantitative estimate of drug-likeness (QED) is 0.584. The molecule has 8 nitrogen and oxygen atoms in total. The number of hydrogen-bond donors (Lipinski definition) is 2. The molecule has 0 aliphatic carbocycles. The Hall–Kier alpha value is -2.23. The number of rotatable bonds is 9. The summed E-state index contributed by atoms with van der Waals surface area (Å²) in [5.41, 5.74) is -0.658. The number of aliphatic hydroxyl groups is 1. The van der Waals surface area contributed by atoms with Gasteiger partial charge in [-0.1, -0.05) is 6.07 Å². The summed E-state index contributed by atoms with van der Waals surface area (Å²) in [6.07, 6.45) is 3.91. The Balaban J connectivity index is 2.11. The molecular formula is C21H31N3O5S. The third-order valence-electron chi connectivity index (χ3n) is 4.26. The molecule has 0 saturated carbocycles. The molecule has 0 saturated heterocycles. The minimum atomic E-state index is -3.77. The fourth-order valence-electron chi connectivity index (χ4n) is 2.93. The van der Waals surface area contributed by atoms with Crippen LogP contribution in [0, 0.1) is 0 Å². The number of carbonyl (C=O) groups excluding carboxylic acids is 1. The van der Waals surface area contributed by atoms with E-state index in [-0.39, 0.29) is 18.0 Å². The van der Waals surface area contributed by atoms with E-state index in [4.69, 9.17) is 9.84 Å². The Bertz CT molecular complexity index is 957. The molecule has 0 bridgehead atoms. The molecule has 9 heteroatoms. The van der Waals surface area contributed by atoms with Crippen molar-refractivity contribution < 1.29 is 23.1 Å². The minimum absolute atomic E-state index is 0.0296. The number of sulfonamides is 1. The Morgan fingerprint density at radius 3 is 2.63 bits per heavy atom. The average molecular weight is 438 g/mol. The number of hydrogen-bond acceptors (Lipinski definition) is 6. The monoisotopic (exact) mass is 437 g/mol. The average Bonchev–Trinajstić information content (AvgIpc) is 2.65. The van der Waals surface area contributed by atoms with Gasteiger partial charge in [-0.3, -0.25) is 4.98 Å². The molecule has 2 N–H and O–H groups in total. The zero-order valence-electron chi connectivity index (χ0n) is 18.0. The lowest BCUT2D eigenvalue weighted by Crippen LogP contribution is -2.46. The normalized spacial score (nSPS) is 13.2. The molecule has 1 atom stereocenters. The third-order valence-corrected chi connectivity index (χ3v) is 5.85. The van der Waals surface area contributed by atoms with Crippen molar-refractivity contribution in [2.45, 2.75) is 57.1 Å². The predicted molar refractivity (Wildman–Crippen MR) is 116 cm³/mol. The Labute approximate surface area is 178 Å². The van der Waals surface area contributed by atoms with Gasteiger partial charge in [0.25, 0.3) is 0 Å². The van der Waals surface area contributed by atoms with Crippen molar-refractivity contribution in [1.29, 1.82) is 0 Å². The number of benzene rings is 1. The lowest BCUT2D eigenvalue weighted by Gasteiger charge is -2.29. The van der Waals surface area contributed by atoms with E-state index in [0.717, 1.165) is 10.8 Å². The molecule has 0 unspecified atom stereocenters. The number of fused-ring (bicyclic) bond motifs is 1. The van der Waals surface area contributed by atoms with E-state index < -0.39 is 27.8 Å². The van der Waals surface area contributed by atoms with Crippen molar-refractivity contribution in [2.24, 2.45) is 0 Å². The standard InChI is InChI=1S/C21H31N3O5S/c1-16(15-24(11-5-6-12-25)20(26)29-21(2,3)4)23-30(27,28)19-8-7-18-14-22-10-9-17(18)13-19/h7-10,13-14,16,23,25H,5-6,11-12,15H2,1-4H3/t16-/m1/s1. The summed E-state index contributed by atoms with van der Waals surface area (Å²) in [6.45, 7) is 7.57. The number of unbranched alkanes of at least 4 members (excludes halogenated alkanes) is 1. The second kappa shape index (κ2) is 10.2. The molecule has 0 aliphatic rings. The molecule has 1 aromatic carbocycles. The maximum Gasteiger partial charge on any atom is 0.410 e. The van der Waals surface area contributed by atoms with Gasteiger partial charge < -0.3 is 14.7 Å². The summed E-state index contributed by atoms with van der Waals surface area (Å²) in [5, 5.41) is 10.6. The first-order chi connectivity index (χ1) is 14.0. The van der Waals surface area contributed by atoms with E-state index >= 15 is 0 Å². The van der Waals surface area contributed by atoms with Crippen LogP contribution in [0.15, 0.2) is 41.6 Å². The third kappa shape index (κ3) is 7.23. The van der Waals surface area contributed by atoms with Crippen LogP contribution in [0.4, 0.5) is 4.79 Å². The van der Waals surface area contributed by atoms with Crippen molar-refractivity contribution in [3.8, 4) is 0 Å². The van der Waals surface area contributed by atoms with Gasteiger partial charge in [0.2, 0.25) is 10.0 Å². The summed E-state index contributed by atoms with van der Waals surface area (Å²) in [7, 11) is -3.77.